The predicted octanol–water partition coefficient (Wildman–Crippen LogP) is 2.53. The van der Waals surface area contributed by atoms with E-state index in [1.54, 1.807) is 22.8 Å². The lowest BCUT2D eigenvalue weighted by Gasteiger charge is -2.35. The number of nitrogen functional groups attached to an aromatic ring is 2. The Morgan fingerprint density at radius 2 is 1.97 bits per heavy atom. The molecule has 152 valence electrons. The minimum Gasteiger partial charge on any atom is -0.393 e. The van der Waals surface area contributed by atoms with E-state index in [4.69, 9.17) is 34.7 Å². The van der Waals surface area contributed by atoms with Crippen molar-refractivity contribution in [3.8, 4) is 0 Å². The van der Waals surface area contributed by atoms with Gasteiger partial charge in [0.05, 0.1) is 28.1 Å². The molecule has 0 unspecified atom stereocenters. The summed E-state index contributed by atoms with van der Waals surface area (Å²) in [7, 11) is 0. The Labute approximate surface area is 175 Å². The molecule has 0 bridgehead atoms. The van der Waals surface area contributed by atoms with Gasteiger partial charge in [0.2, 0.25) is 5.95 Å². The topological polar surface area (TPSA) is 145 Å². The fraction of sp³-hybridized carbons (Fsp3) is 0.333. The molecular formula is C18H19Cl2N7O2. The molecule has 11 heteroatoms. The summed E-state index contributed by atoms with van der Waals surface area (Å²) in [6, 6.07) is 4.46. The van der Waals surface area contributed by atoms with Crippen LogP contribution in [0.25, 0.3) is 10.9 Å². The number of hydrogen-bond donors (Lipinski definition) is 4. The van der Waals surface area contributed by atoms with Crippen molar-refractivity contribution in [3.63, 3.8) is 0 Å². The molecule has 6 N–H and O–H groups in total. The van der Waals surface area contributed by atoms with Crippen molar-refractivity contribution in [2.75, 3.05) is 16.8 Å². The van der Waals surface area contributed by atoms with Gasteiger partial charge in [-0.05, 0) is 31.9 Å². The molecule has 1 atom stereocenters. The highest BCUT2D eigenvalue weighted by Gasteiger charge is 2.33. The smallest absolute Gasteiger partial charge is 0.263 e. The summed E-state index contributed by atoms with van der Waals surface area (Å²) in [6.07, 6.45) is 0.484. The maximum atomic E-state index is 13.3. The summed E-state index contributed by atoms with van der Waals surface area (Å²) in [4.78, 5) is 25.9. The van der Waals surface area contributed by atoms with Gasteiger partial charge < -0.3 is 21.9 Å². The quantitative estimate of drug-likeness (QED) is 0.488. The van der Waals surface area contributed by atoms with Gasteiger partial charge in [-0.1, -0.05) is 29.3 Å². The average Bonchev–Trinajstić information content (AvgIpc) is 2.63. The monoisotopic (exact) mass is 435 g/mol. The van der Waals surface area contributed by atoms with E-state index in [2.05, 4.69) is 20.3 Å². The van der Waals surface area contributed by atoms with E-state index in [-0.39, 0.29) is 34.2 Å². The minimum atomic E-state index is -0.477. The Morgan fingerprint density at radius 1 is 1.24 bits per heavy atom. The third-order valence-corrected chi connectivity index (χ3v) is 5.68. The SMILES string of the molecule is C[C@H](Nc1nc(N)nc(N)c1Cl)c1nc2cccc(Cl)c2c(=O)n1[C@H]1C[C@@H](O)C1. The van der Waals surface area contributed by atoms with Gasteiger partial charge in [0.15, 0.2) is 5.82 Å². The van der Waals surface area contributed by atoms with Gasteiger partial charge in [-0.15, -0.1) is 0 Å². The number of aliphatic hydroxyl groups is 1. The predicted molar refractivity (Wildman–Crippen MR) is 113 cm³/mol. The van der Waals surface area contributed by atoms with Gasteiger partial charge in [0.25, 0.3) is 5.56 Å². The summed E-state index contributed by atoms with van der Waals surface area (Å²) in [5.74, 6) is 0.726. The molecule has 1 aromatic carbocycles. The van der Waals surface area contributed by atoms with Crippen LogP contribution in [0.2, 0.25) is 10.0 Å². The molecule has 3 aromatic rings. The molecule has 0 saturated heterocycles. The summed E-state index contributed by atoms with van der Waals surface area (Å²) in [5, 5.41) is 13.7. The number of nitrogens with two attached hydrogens (primary N) is 2. The highest BCUT2D eigenvalue weighted by atomic mass is 35.5. The minimum absolute atomic E-state index is 0.0284. The first-order chi connectivity index (χ1) is 13.8. The number of nitrogens with zero attached hydrogens (tertiary/aromatic N) is 4. The number of hydrogen-bond acceptors (Lipinski definition) is 8. The standard InChI is InChI=1S/C18H19Cl2N7O2/c1-7(23-15-13(20)14(21)25-18(22)26-15)16-24-11-4-2-3-10(19)12(11)17(29)27(16)8-5-9(28)6-8/h2-4,7-9,28H,5-6H2,1H3,(H5,21,22,23,25,26)/t7-,8-,9+/m0/s1. The molecular weight excluding hydrogens is 417 g/mol. The summed E-state index contributed by atoms with van der Waals surface area (Å²) >= 11 is 12.5. The van der Waals surface area contributed by atoms with Crippen LogP contribution in [-0.2, 0) is 0 Å². The van der Waals surface area contributed by atoms with E-state index in [9.17, 15) is 9.90 Å². The molecule has 2 heterocycles. The van der Waals surface area contributed by atoms with Crippen LogP contribution in [0.3, 0.4) is 0 Å². The van der Waals surface area contributed by atoms with Gasteiger partial charge in [0, 0.05) is 6.04 Å². The molecule has 0 spiro atoms. The van der Waals surface area contributed by atoms with E-state index < -0.39 is 12.1 Å². The van der Waals surface area contributed by atoms with Gasteiger partial charge in [-0.2, -0.15) is 9.97 Å². The highest BCUT2D eigenvalue weighted by molar-refractivity contribution is 6.35. The van der Waals surface area contributed by atoms with Gasteiger partial charge in [-0.3, -0.25) is 9.36 Å². The molecule has 1 aliphatic carbocycles. The zero-order valence-electron chi connectivity index (χ0n) is 15.4. The Morgan fingerprint density at radius 3 is 2.66 bits per heavy atom. The van der Waals surface area contributed by atoms with Crippen LogP contribution in [0.1, 0.15) is 37.7 Å². The normalized spacial score (nSPS) is 19.7. The number of benzene rings is 1. The van der Waals surface area contributed by atoms with Crippen molar-refractivity contribution in [2.24, 2.45) is 0 Å². The lowest BCUT2D eigenvalue weighted by Crippen LogP contribution is -2.40. The van der Waals surface area contributed by atoms with Crippen LogP contribution in [0, 0.1) is 0 Å². The van der Waals surface area contributed by atoms with Crippen molar-refractivity contribution in [1.82, 2.24) is 19.5 Å². The number of halogens is 2. The summed E-state index contributed by atoms with van der Waals surface area (Å²) in [6.45, 7) is 1.81. The third-order valence-electron chi connectivity index (χ3n) is 4.99. The van der Waals surface area contributed by atoms with Crippen molar-refractivity contribution in [1.29, 1.82) is 0 Å². The molecule has 1 aliphatic rings. The number of anilines is 3. The molecule has 29 heavy (non-hydrogen) atoms. The zero-order chi connectivity index (χ0) is 20.9. The summed E-state index contributed by atoms with van der Waals surface area (Å²) in [5.41, 5.74) is 11.7. The molecule has 0 radical (unpaired) electrons. The number of rotatable bonds is 4. The molecule has 9 nitrogen and oxygen atoms in total. The Balaban J connectivity index is 1.84. The second kappa shape index (κ2) is 7.33. The van der Waals surface area contributed by atoms with Crippen LogP contribution >= 0.6 is 23.2 Å². The third kappa shape index (κ3) is 3.45. The van der Waals surface area contributed by atoms with E-state index >= 15 is 0 Å². The highest BCUT2D eigenvalue weighted by Crippen LogP contribution is 2.35. The average molecular weight is 436 g/mol. The fourth-order valence-corrected chi connectivity index (χ4v) is 3.88. The van der Waals surface area contributed by atoms with Gasteiger partial charge in [0.1, 0.15) is 16.7 Å². The first-order valence-electron chi connectivity index (χ1n) is 9.00. The zero-order valence-corrected chi connectivity index (χ0v) is 16.9. The van der Waals surface area contributed by atoms with Crippen molar-refractivity contribution in [3.05, 3.63) is 44.4 Å². The van der Waals surface area contributed by atoms with Crippen molar-refractivity contribution in [2.45, 2.75) is 38.0 Å². The molecule has 0 aliphatic heterocycles. The van der Waals surface area contributed by atoms with Crippen LogP contribution in [0.4, 0.5) is 17.6 Å². The van der Waals surface area contributed by atoms with Gasteiger partial charge >= 0.3 is 0 Å². The van der Waals surface area contributed by atoms with E-state index in [1.807, 2.05) is 6.92 Å². The second-order valence-electron chi connectivity index (χ2n) is 7.05. The molecule has 0 amide bonds. The van der Waals surface area contributed by atoms with Crippen molar-refractivity contribution < 1.29 is 5.11 Å². The summed E-state index contributed by atoms with van der Waals surface area (Å²) < 4.78 is 1.58. The number of fused-ring (bicyclic) bond motifs is 1. The Hall–Kier alpha value is -2.62. The van der Waals surface area contributed by atoms with E-state index in [0.717, 1.165) is 0 Å². The molecule has 1 fully saturated rings. The largest absolute Gasteiger partial charge is 0.393 e. The Kier molecular flexibility index (Phi) is 4.97. The van der Waals surface area contributed by atoms with Crippen LogP contribution in [-0.4, -0.2) is 30.7 Å². The number of aliphatic hydroxyl groups excluding tert-OH is 1. The van der Waals surface area contributed by atoms with Crippen molar-refractivity contribution >= 4 is 51.7 Å². The van der Waals surface area contributed by atoms with Crippen LogP contribution in [0.5, 0.6) is 0 Å². The first kappa shape index (κ1) is 19.7. The maximum absolute atomic E-state index is 13.3. The van der Waals surface area contributed by atoms with Crippen LogP contribution < -0.4 is 22.3 Å². The molecule has 2 aromatic heterocycles. The Bertz CT molecular complexity index is 1160. The lowest BCUT2D eigenvalue weighted by molar-refractivity contribution is 0.0454. The lowest BCUT2D eigenvalue weighted by atomic mass is 9.89. The van der Waals surface area contributed by atoms with Crippen LogP contribution in [0.15, 0.2) is 23.0 Å². The van der Waals surface area contributed by atoms with Gasteiger partial charge in [-0.25, -0.2) is 4.98 Å². The maximum Gasteiger partial charge on any atom is 0.263 e. The van der Waals surface area contributed by atoms with E-state index in [0.29, 0.717) is 34.6 Å². The van der Waals surface area contributed by atoms with E-state index in [1.165, 1.54) is 0 Å². The first-order valence-corrected chi connectivity index (χ1v) is 9.75. The number of aromatic nitrogens is 4. The molecule has 4 rings (SSSR count). The number of nitrogens with one attached hydrogen (secondary N) is 1. The fourth-order valence-electron chi connectivity index (χ4n) is 3.50. The molecule has 1 saturated carbocycles. The second-order valence-corrected chi connectivity index (χ2v) is 7.84.